The molecule has 1 N–H and O–H groups in total. The van der Waals surface area contributed by atoms with Crippen LogP contribution in [0.1, 0.15) is 59.9 Å². The molecule has 0 atom stereocenters. The second-order valence-electron chi connectivity index (χ2n) is 6.68. The zero-order valence-electron chi connectivity index (χ0n) is 12.1. The zero-order valence-corrected chi connectivity index (χ0v) is 12.1. The van der Waals surface area contributed by atoms with E-state index < -0.39 is 0 Å². The van der Waals surface area contributed by atoms with Crippen LogP contribution in [0.25, 0.3) is 0 Å². The van der Waals surface area contributed by atoms with Crippen LogP contribution in [0, 0.1) is 0 Å². The molecule has 1 aromatic carbocycles. The van der Waals surface area contributed by atoms with Crippen molar-refractivity contribution in [1.29, 1.82) is 0 Å². The summed E-state index contributed by atoms with van der Waals surface area (Å²) in [4.78, 5) is 10.0. The number of fused-ring (bicyclic) bond motifs is 1. The highest BCUT2D eigenvalue weighted by molar-refractivity contribution is 5.42. The quantitative estimate of drug-likeness (QED) is 0.937. The minimum absolute atomic E-state index is 0.0997. The van der Waals surface area contributed by atoms with Crippen LogP contribution < -0.4 is 5.32 Å². The topological polar surface area (TPSA) is 37.8 Å². The van der Waals surface area contributed by atoms with E-state index in [2.05, 4.69) is 35.6 Å². The SMILES string of the molecule is c1ccc(C2(c3nc4c(c(C5CC5)n3)CNC4)CC2)cc1. The first-order valence-electron chi connectivity index (χ1n) is 8.03. The van der Waals surface area contributed by atoms with Crippen molar-refractivity contribution in [2.24, 2.45) is 0 Å². The number of hydrogen-bond acceptors (Lipinski definition) is 3. The molecule has 2 saturated carbocycles. The lowest BCUT2D eigenvalue weighted by Gasteiger charge is -2.17. The molecule has 2 aromatic rings. The summed E-state index contributed by atoms with van der Waals surface area (Å²) in [5.74, 6) is 1.78. The Hall–Kier alpha value is -1.74. The summed E-state index contributed by atoms with van der Waals surface area (Å²) < 4.78 is 0. The average molecular weight is 277 g/mol. The fourth-order valence-electron chi connectivity index (χ4n) is 3.63. The third-order valence-corrected chi connectivity index (χ3v) is 5.19. The van der Waals surface area contributed by atoms with Gasteiger partial charge in [-0.1, -0.05) is 30.3 Å². The Balaban J connectivity index is 1.65. The maximum absolute atomic E-state index is 5.07. The molecular weight excluding hydrogens is 258 g/mol. The van der Waals surface area contributed by atoms with Gasteiger partial charge in [0.1, 0.15) is 5.82 Å². The van der Waals surface area contributed by atoms with Crippen LogP contribution in [-0.2, 0) is 18.5 Å². The van der Waals surface area contributed by atoms with Gasteiger partial charge < -0.3 is 5.32 Å². The first kappa shape index (κ1) is 11.9. The Kier molecular flexibility index (Phi) is 2.34. The summed E-state index contributed by atoms with van der Waals surface area (Å²) in [7, 11) is 0. The minimum atomic E-state index is 0.0997. The maximum Gasteiger partial charge on any atom is 0.139 e. The van der Waals surface area contributed by atoms with Gasteiger partial charge in [-0.3, -0.25) is 0 Å². The van der Waals surface area contributed by atoms with Crippen molar-refractivity contribution in [3.63, 3.8) is 0 Å². The van der Waals surface area contributed by atoms with E-state index in [-0.39, 0.29) is 5.41 Å². The number of aromatic nitrogens is 2. The van der Waals surface area contributed by atoms with Crippen LogP contribution in [-0.4, -0.2) is 9.97 Å². The van der Waals surface area contributed by atoms with Crippen molar-refractivity contribution in [2.45, 2.75) is 50.1 Å². The molecule has 2 fully saturated rings. The lowest BCUT2D eigenvalue weighted by molar-refractivity contribution is 0.722. The Bertz CT molecular complexity index is 700. The third kappa shape index (κ3) is 1.77. The minimum Gasteiger partial charge on any atom is -0.307 e. The molecule has 1 aromatic heterocycles. The molecular formula is C18H19N3. The molecule has 3 heteroatoms. The lowest BCUT2D eigenvalue weighted by atomic mass is 9.94. The van der Waals surface area contributed by atoms with Gasteiger partial charge in [-0.05, 0) is 31.2 Å². The first-order valence-corrected chi connectivity index (χ1v) is 8.03. The summed E-state index contributed by atoms with van der Waals surface area (Å²) in [6.07, 6.45) is 4.99. The van der Waals surface area contributed by atoms with Gasteiger partial charge in [-0.2, -0.15) is 0 Å². The number of nitrogens with one attached hydrogen (secondary N) is 1. The van der Waals surface area contributed by atoms with E-state index in [1.165, 1.54) is 48.2 Å². The Morgan fingerprint density at radius 1 is 1.00 bits per heavy atom. The Labute approximate surface area is 124 Å². The summed E-state index contributed by atoms with van der Waals surface area (Å²) in [5.41, 5.74) is 5.48. The molecule has 0 radical (unpaired) electrons. The number of hydrogen-bond donors (Lipinski definition) is 1. The summed E-state index contributed by atoms with van der Waals surface area (Å²) >= 11 is 0. The highest BCUT2D eigenvalue weighted by Gasteiger charge is 2.49. The molecule has 2 aliphatic carbocycles. The average Bonchev–Trinajstić information content (AvgIpc) is 3.44. The van der Waals surface area contributed by atoms with Crippen LogP contribution in [0.3, 0.4) is 0 Å². The van der Waals surface area contributed by atoms with E-state index in [1.807, 2.05) is 0 Å². The molecule has 0 unspecified atom stereocenters. The largest absolute Gasteiger partial charge is 0.307 e. The molecule has 106 valence electrons. The van der Waals surface area contributed by atoms with Crippen LogP contribution in [0.2, 0.25) is 0 Å². The molecule has 5 rings (SSSR count). The van der Waals surface area contributed by atoms with Crippen molar-refractivity contribution in [3.8, 4) is 0 Å². The molecule has 2 heterocycles. The van der Waals surface area contributed by atoms with Crippen molar-refractivity contribution < 1.29 is 0 Å². The van der Waals surface area contributed by atoms with Crippen molar-refractivity contribution in [3.05, 3.63) is 58.7 Å². The van der Waals surface area contributed by atoms with Gasteiger partial charge in [-0.25, -0.2) is 9.97 Å². The van der Waals surface area contributed by atoms with Gasteiger partial charge in [0.15, 0.2) is 0 Å². The second kappa shape index (κ2) is 4.14. The van der Waals surface area contributed by atoms with E-state index in [4.69, 9.17) is 9.97 Å². The van der Waals surface area contributed by atoms with Gasteiger partial charge in [0.2, 0.25) is 0 Å². The van der Waals surface area contributed by atoms with Crippen LogP contribution >= 0.6 is 0 Å². The zero-order chi connectivity index (χ0) is 13.9. The van der Waals surface area contributed by atoms with Crippen molar-refractivity contribution in [1.82, 2.24) is 15.3 Å². The molecule has 0 bridgehead atoms. The van der Waals surface area contributed by atoms with E-state index >= 15 is 0 Å². The van der Waals surface area contributed by atoms with Crippen LogP contribution in [0.15, 0.2) is 30.3 Å². The highest BCUT2D eigenvalue weighted by atomic mass is 15.0. The second-order valence-corrected chi connectivity index (χ2v) is 6.68. The standard InChI is InChI=1S/C18H19N3/c1-2-4-13(5-3-1)18(8-9-18)17-20-15-11-19-10-14(15)16(21-17)12-6-7-12/h1-5,12,19H,6-11H2. The fraction of sp³-hybridized carbons (Fsp3) is 0.444. The Morgan fingerprint density at radius 2 is 1.81 bits per heavy atom. The van der Waals surface area contributed by atoms with Crippen molar-refractivity contribution >= 4 is 0 Å². The molecule has 1 aliphatic heterocycles. The van der Waals surface area contributed by atoms with Gasteiger partial charge >= 0.3 is 0 Å². The van der Waals surface area contributed by atoms with E-state index in [0.717, 1.165) is 18.9 Å². The predicted molar refractivity (Wildman–Crippen MR) is 81.0 cm³/mol. The molecule has 3 aliphatic rings. The molecule has 21 heavy (non-hydrogen) atoms. The van der Waals surface area contributed by atoms with E-state index in [1.54, 1.807) is 0 Å². The first-order chi connectivity index (χ1) is 10.4. The third-order valence-electron chi connectivity index (χ3n) is 5.19. The van der Waals surface area contributed by atoms with Gasteiger partial charge in [0.25, 0.3) is 0 Å². The van der Waals surface area contributed by atoms with E-state index in [9.17, 15) is 0 Å². The summed E-state index contributed by atoms with van der Waals surface area (Å²) in [6.45, 7) is 1.87. The van der Waals surface area contributed by atoms with Gasteiger partial charge in [-0.15, -0.1) is 0 Å². The van der Waals surface area contributed by atoms with Crippen LogP contribution in [0.5, 0.6) is 0 Å². The van der Waals surface area contributed by atoms with Crippen molar-refractivity contribution in [2.75, 3.05) is 0 Å². The number of benzene rings is 1. The smallest absolute Gasteiger partial charge is 0.139 e. The summed E-state index contributed by atoms with van der Waals surface area (Å²) in [6, 6.07) is 10.8. The number of nitrogens with zero attached hydrogens (tertiary/aromatic N) is 2. The molecule has 0 spiro atoms. The normalized spacial score (nSPS) is 22.1. The van der Waals surface area contributed by atoms with Crippen LogP contribution in [0.4, 0.5) is 0 Å². The van der Waals surface area contributed by atoms with Gasteiger partial charge in [0, 0.05) is 24.6 Å². The highest BCUT2D eigenvalue weighted by Crippen LogP contribution is 2.53. The lowest BCUT2D eigenvalue weighted by Crippen LogP contribution is -2.16. The molecule has 0 saturated heterocycles. The molecule has 3 nitrogen and oxygen atoms in total. The fourth-order valence-corrected chi connectivity index (χ4v) is 3.63. The summed E-state index contributed by atoms with van der Waals surface area (Å²) in [5, 5.41) is 3.45. The van der Waals surface area contributed by atoms with Gasteiger partial charge in [0.05, 0.1) is 16.8 Å². The monoisotopic (exact) mass is 277 g/mol. The van der Waals surface area contributed by atoms with E-state index in [0.29, 0.717) is 5.92 Å². The maximum atomic E-state index is 5.07. The molecule has 0 amide bonds. The predicted octanol–water partition coefficient (Wildman–Crippen LogP) is 3.04. The Morgan fingerprint density at radius 3 is 2.52 bits per heavy atom. The number of rotatable bonds is 3.